The van der Waals surface area contributed by atoms with Crippen molar-refractivity contribution in [3.63, 3.8) is 0 Å². The van der Waals surface area contributed by atoms with Crippen LogP contribution in [0.1, 0.15) is 0 Å². The molecule has 0 saturated heterocycles. The second-order valence-corrected chi connectivity index (χ2v) is 8.13. The molecule has 0 aromatic heterocycles. The molecule has 3 rings (SSSR count). The van der Waals surface area contributed by atoms with Crippen LogP contribution in [0.3, 0.4) is 0 Å². The van der Waals surface area contributed by atoms with Crippen molar-refractivity contribution in [3.05, 3.63) is 52.5 Å². The van der Waals surface area contributed by atoms with Crippen molar-refractivity contribution < 1.29 is 17.9 Å². The van der Waals surface area contributed by atoms with Gasteiger partial charge in [0.25, 0.3) is 0 Å². The fourth-order valence-corrected chi connectivity index (χ4v) is 4.71. The molecule has 0 amide bonds. The average Bonchev–Trinajstić information content (AvgIpc) is 2.54. The number of nitrogens with zero attached hydrogens (tertiary/aromatic N) is 1. The third kappa shape index (κ3) is 3.32. The zero-order valence-electron chi connectivity index (χ0n) is 12.8. The summed E-state index contributed by atoms with van der Waals surface area (Å²) in [6.07, 6.45) is -0.430. The molecule has 0 aliphatic carbocycles. The molecule has 24 heavy (non-hydrogen) atoms. The van der Waals surface area contributed by atoms with Gasteiger partial charge in [0.15, 0.2) is 11.5 Å². The Hall–Kier alpha value is -1.47. The van der Waals surface area contributed by atoms with E-state index in [0.717, 1.165) is 0 Å². The quantitative estimate of drug-likeness (QED) is 0.805. The van der Waals surface area contributed by atoms with Crippen LogP contribution in [-0.4, -0.2) is 39.0 Å². The van der Waals surface area contributed by atoms with Crippen molar-refractivity contribution in [2.24, 2.45) is 0 Å². The molecule has 0 bridgehead atoms. The lowest BCUT2D eigenvalue weighted by atomic mass is 10.2. The fourth-order valence-electron chi connectivity index (χ4n) is 2.42. The molecule has 2 aromatic rings. The summed E-state index contributed by atoms with van der Waals surface area (Å²) >= 11 is 12.0. The minimum atomic E-state index is -3.84. The van der Waals surface area contributed by atoms with Gasteiger partial charge in [-0.2, -0.15) is 4.31 Å². The van der Waals surface area contributed by atoms with E-state index in [0.29, 0.717) is 11.5 Å². The first kappa shape index (κ1) is 17.4. The van der Waals surface area contributed by atoms with E-state index in [4.69, 9.17) is 32.7 Å². The first-order valence-corrected chi connectivity index (χ1v) is 9.38. The number of para-hydroxylation sites is 2. The van der Waals surface area contributed by atoms with E-state index in [2.05, 4.69) is 0 Å². The lowest BCUT2D eigenvalue weighted by molar-refractivity contribution is 0.0798. The number of benzene rings is 2. The fraction of sp³-hybridized carbons (Fsp3) is 0.250. The molecule has 128 valence electrons. The first-order chi connectivity index (χ1) is 11.4. The van der Waals surface area contributed by atoms with Crippen molar-refractivity contribution in [2.45, 2.75) is 11.0 Å². The van der Waals surface area contributed by atoms with E-state index in [1.807, 2.05) is 12.1 Å². The van der Waals surface area contributed by atoms with E-state index in [1.54, 1.807) is 18.2 Å². The number of sulfonamides is 1. The Kier molecular flexibility index (Phi) is 4.92. The van der Waals surface area contributed by atoms with Gasteiger partial charge in [0, 0.05) is 7.05 Å². The molecule has 0 N–H and O–H groups in total. The molecule has 0 radical (unpaired) electrons. The highest BCUT2D eigenvalue weighted by Gasteiger charge is 2.30. The standard InChI is InChI=1S/C16H15Cl2NO4S/c1-19(24(20,21)16-12(17)5-4-6-13(16)18)9-11-10-22-14-7-2-3-8-15(14)23-11/h2-8,11H,9-10H2,1H3/t11-/m1/s1. The van der Waals surface area contributed by atoms with Crippen molar-refractivity contribution >= 4 is 33.2 Å². The van der Waals surface area contributed by atoms with Crippen molar-refractivity contribution in [1.29, 1.82) is 0 Å². The summed E-state index contributed by atoms with van der Waals surface area (Å²) in [7, 11) is -2.39. The molecular weight excluding hydrogens is 373 g/mol. The Balaban J connectivity index is 1.79. The molecule has 2 aromatic carbocycles. The van der Waals surface area contributed by atoms with Crippen LogP contribution < -0.4 is 9.47 Å². The van der Waals surface area contributed by atoms with Crippen LogP contribution in [0.2, 0.25) is 10.0 Å². The van der Waals surface area contributed by atoms with Gasteiger partial charge in [0.2, 0.25) is 10.0 Å². The van der Waals surface area contributed by atoms with Crippen molar-refractivity contribution in [1.82, 2.24) is 4.31 Å². The van der Waals surface area contributed by atoms with Crippen LogP contribution >= 0.6 is 23.2 Å². The minimum absolute atomic E-state index is 0.0838. The van der Waals surface area contributed by atoms with Gasteiger partial charge in [0.1, 0.15) is 17.6 Å². The number of hydrogen-bond acceptors (Lipinski definition) is 4. The van der Waals surface area contributed by atoms with Gasteiger partial charge in [-0.25, -0.2) is 8.42 Å². The molecule has 1 aliphatic heterocycles. The Morgan fingerprint density at radius 3 is 2.38 bits per heavy atom. The highest BCUT2D eigenvalue weighted by molar-refractivity contribution is 7.89. The number of ether oxygens (including phenoxy) is 2. The largest absolute Gasteiger partial charge is 0.486 e. The van der Waals surface area contributed by atoms with E-state index in [1.165, 1.54) is 23.5 Å². The summed E-state index contributed by atoms with van der Waals surface area (Å²) in [6, 6.07) is 11.8. The predicted octanol–water partition coefficient (Wildman–Crippen LogP) is 3.45. The van der Waals surface area contributed by atoms with Crippen LogP contribution in [-0.2, 0) is 10.0 Å². The number of rotatable bonds is 4. The number of hydrogen-bond donors (Lipinski definition) is 0. The van der Waals surface area contributed by atoms with Crippen LogP contribution in [0.5, 0.6) is 11.5 Å². The topological polar surface area (TPSA) is 55.8 Å². The summed E-state index contributed by atoms with van der Waals surface area (Å²) in [4.78, 5) is -0.104. The number of halogens is 2. The summed E-state index contributed by atoms with van der Waals surface area (Å²) in [5, 5.41) is 0.168. The summed E-state index contributed by atoms with van der Waals surface area (Å²) in [5.41, 5.74) is 0. The lowest BCUT2D eigenvalue weighted by Gasteiger charge is -2.29. The Morgan fingerprint density at radius 1 is 1.08 bits per heavy atom. The van der Waals surface area contributed by atoms with Crippen LogP contribution in [0, 0.1) is 0 Å². The predicted molar refractivity (Wildman–Crippen MR) is 92.6 cm³/mol. The monoisotopic (exact) mass is 387 g/mol. The Morgan fingerprint density at radius 2 is 1.71 bits per heavy atom. The summed E-state index contributed by atoms with van der Waals surface area (Å²) < 4.78 is 38.1. The normalized spacial score (nSPS) is 17.1. The Labute approximate surface area is 150 Å². The zero-order valence-corrected chi connectivity index (χ0v) is 15.1. The third-order valence-corrected chi connectivity index (χ3v) is 6.39. The first-order valence-electron chi connectivity index (χ1n) is 7.18. The molecule has 0 spiro atoms. The van der Waals surface area contributed by atoms with E-state index >= 15 is 0 Å². The zero-order chi connectivity index (χ0) is 17.3. The van der Waals surface area contributed by atoms with E-state index < -0.39 is 16.1 Å². The lowest BCUT2D eigenvalue weighted by Crippen LogP contribution is -2.41. The van der Waals surface area contributed by atoms with Gasteiger partial charge in [-0.3, -0.25) is 0 Å². The molecule has 0 saturated carbocycles. The molecule has 1 heterocycles. The Bertz CT molecular complexity index is 837. The number of likely N-dealkylation sites (N-methyl/N-ethyl adjacent to an activating group) is 1. The number of fused-ring (bicyclic) bond motifs is 1. The molecule has 1 atom stereocenters. The minimum Gasteiger partial charge on any atom is -0.486 e. The highest BCUT2D eigenvalue weighted by Crippen LogP contribution is 2.33. The van der Waals surface area contributed by atoms with Crippen LogP contribution in [0.4, 0.5) is 0 Å². The molecule has 8 heteroatoms. The second-order valence-electron chi connectivity index (χ2n) is 5.33. The molecule has 0 unspecified atom stereocenters. The molecule has 5 nitrogen and oxygen atoms in total. The molecule has 1 aliphatic rings. The maximum atomic E-state index is 12.8. The van der Waals surface area contributed by atoms with Crippen LogP contribution in [0.15, 0.2) is 47.4 Å². The van der Waals surface area contributed by atoms with Gasteiger partial charge in [0.05, 0.1) is 16.6 Å². The smallest absolute Gasteiger partial charge is 0.245 e. The van der Waals surface area contributed by atoms with Crippen LogP contribution in [0.25, 0.3) is 0 Å². The van der Waals surface area contributed by atoms with E-state index in [9.17, 15) is 8.42 Å². The van der Waals surface area contributed by atoms with Gasteiger partial charge < -0.3 is 9.47 Å². The maximum absolute atomic E-state index is 12.8. The van der Waals surface area contributed by atoms with Crippen molar-refractivity contribution in [2.75, 3.05) is 20.2 Å². The van der Waals surface area contributed by atoms with Gasteiger partial charge in [-0.05, 0) is 24.3 Å². The molecule has 0 fully saturated rings. The van der Waals surface area contributed by atoms with Gasteiger partial charge in [-0.15, -0.1) is 0 Å². The van der Waals surface area contributed by atoms with E-state index in [-0.39, 0.29) is 28.1 Å². The highest BCUT2D eigenvalue weighted by atomic mass is 35.5. The van der Waals surface area contributed by atoms with Crippen molar-refractivity contribution in [3.8, 4) is 11.5 Å². The average molecular weight is 388 g/mol. The summed E-state index contributed by atoms with van der Waals surface area (Å²) in [6.45, 7) is 0.366. The molecular formula is C16H15Cl2NO4S. The second kappa shape index (κ2) is 6.80. The van der Waals surface area contributed by atoms with Gasteiger partial charge >= 0.3 is 0 Å². The SMILES string of the molecule is CN(C[C@@H]1COc2ccccc2O1)S(=O)(=O)c1c(Cl)cccc1Cl. The summed E-state index contributed by atoms with van der Waals surface area (Å²) in [5.74, 6) is 1.24. The van der Waals surface area contributed by atoms with Gasteiger partial charge in [-0.1, -0.05) is 41.4 Å². The third-order valence-electron chi connectivity index (χ3n) is 3.62. The maximum Gasteiger partial charge on any atom is 0.245 e.